The Morgan fingerprint density at radius 2 is 1.92 bits per heavy atom. The van der Waals surface area contributed by atoms with Crippen molar-refractivity contribution in [1.82, 2.24) is 18.7 Å². The summed E-state index contributed by atoms with van der Waals surface area (Å²) < 4.78 is 9.19. The van der Waals surface area contributed by atoms with Crippen molar-refractivity contribution in [2.75, 3.05) is 6.61 Å². The molecule has 2 aromatic heterocycles. The van der Waals surface area contributed by atoms with Crippen molar-refractivity contribution >= 4 is 34.4 Å². The third-order valence-corrected chi connectivity index (χ3v) is 4.67. The first-order valence-electron chi connectivity index (χ1n) is 7.51. The molecule has 0 amide bonds. The maximum absolute atomic E-state index is 12.9. The summed E-state index contributed by atoms with van der Waals surface area (Å²) in [5, 5.41) is 0.744. The van der Waals surface area contributed by atoms with Crippen LogP contribution in [0.3, 0.4) is 0 Å². The van der Waals surface area contributed by atoms with Gasteiger partial charge in [0.05, 0.1) is 16.6 Å². The standard InChI is InChI=1S/C17H14Cl2N4O3/c1-4-7-26-16-20-14-13(21(16)2)15(24)23(17(25)22(14)3)9-10-5-6-11(18)12(19)8-10/h1,5-6,8H,7,9H2,2-3H3. The number of nitrogens with zero attached hydrogens (tertiary/aromatic N) is 4. The van der Waals surface area contributed by atoms with Crippen molar-refractivity contribution in [3.63, 3.8) is 0 Å². The fourth-order valence-electron chi connectivity index (χ4n) is 2.62. The zero-order valence-electron chi connectivity index (χ0n) is 14.0. The van der Waals surface area contributed by atoms with E-state index in [1.165, 1.54) is 16.2 Å². The van der Waals surface area contributed by atoms with E-state index in [1.54, 1.807) is 25.2 Å². The molecule has 0 saturated carbocycles. The first kappa shape index (κ1) is 18.1. The van der Waals surface area contributed by atoms with Gasteiger partial charge in [0.2, 0.25) is 0 Å². The Balaban J connectivity index is 2.19. The van der Waals surface area contributed by atoms with E-state index in [0.29, 0.717) is 15.6 Å². The van der Waals surface area contributed by atoms with Gasteiger partial charge in [0.1, 0.15) is 0 Å². The Bertz CT molecular complexity index is 1170. The van der Waals surface area contributed by atoms with Crippen LogP contribution in [0.1, 0.15) is 5.56 Å². The second-order valence-corrected chi connectivity index (χ2v) is 6.41. The zero-order valence-corrected chi connectivity index (χ0v) is 15.5. The first-order valence-corrected chi connectivity index (χ1v) is 8.27. The Morgan fingerprint density at radius 1 is 1.19 bits per heavy atom. The predicted octanol–water partition coefficient (Wildman–Crippen LogP) is 1.80. The summed E-state index contributed by atoms with van der Waals surface area (Å²) in [6, 6.07) is 5.10. The fraction of sp³-hybridized carbons (Fsp3) is 0.235. The number of ether oxygens (including phenoxy) is 1. The van der Waals surface area contributed by atoms with Crippen molar-refractivity contribution in [1.29, 1.82) is 0 Å². The van der Waals surface area contributed by atoms with Crippen molar-refractivity contribution in [3.8, 4) is 18.4 Å². The maximum atomic E-state index is 12.9. The van der Waals surface area contributed by atoms with Crippen LogP contribution >= 0.6 is 23.2 Å². The molecule has 0 radical (unpaired) electrons. The Morgan fingerprint density at radius 3 is 2.58 bits per heavy atom. The Kier molecular flexibility index (Phi) is 4.81. The summed E-state index contributed by atoms with van der Waals surface area (Å²) >= 11 is 11.9. The van der Waals surface area contributed by atoms with Gasteiger partial charge in [0, 0.05) is 14.1 Å². The minimum atomic E-state index is -0.504. The van der Waals surface area contributed by atoms with E-state index < -0.39 is 11.2 Å². The maximum Gasteiger partial charge on any atom is 0.332 e. The lowest BCUT2D eigenvalue weighted by atomic mass is 10.2. The van der Waals surface area contributed by atoms with Gasteiger partial charge < -0.3 is 4.74 Å². The topological polar surface area (TPSA) is 71.1 Å². The Labute approximate surface area is 158 Å². The van der Waals surface area contributed by atoms with E-state index in [9.17, 15) is 9.59 Å². The molecule has 9 heteroatoms. The highest BCUT2D eigenvalue weighted by Gasteiger charge is 2.19. The third kappa shape index (κ3) is 2.98. The van der Waals surface area contributed by atoms with Crippen LogP contribution in [0.5, 0.6) is 6.01 Å². The number of hydrogen-bond acceptors (Lipinski definition) is 4. The van der Waals surface area contributed by atoms with E-state index in [0.717, 1.165) is 4.57 Å². The fourth-order valence-corrected chi connectivity index (χ4v) is 2.94. The molecule has 0 N–H and O–H groups in total. The number of benzene rings is 1. The zero-order chi connectivity index (χ0) is 19.0. The second-order valence-electron chi connectivity index (χ2n) is 5.60. The van der Waals surface area contributed by atoms with Crippen LogP contribution in [-0.2, 0) is 20.6 Å². The summed E-state index contributed by atoms with van der Waals surface area (Å²) in [5.41, 5.74) is 0.137. The Hall–Kier alpha value is -2.69. The van der Waals surface area contributed by atoms with Crippen LogP contribution in [0.15, 0.2) is 27.8 Å². The van der Waals surface area contributed by atoms with Gasteiger partial charge in [0.25, 0.3) is 11.6 Å². The summed E-state index contributed by atoms with van der Waals surface area (Å²) in [4.78, 5) is 29.7. The molecule has 0 aliphatic heterocycles. The molecular formula is C17H14Cl2N4O3. The molecule has 0 unspecified atom stereocenters. The molecule has 0 fully saturated rings. The lowest BCUT2D eigenvalue weighted by Gasteiger charge is -2.09. The van der Waals surface area contributed by atoms with Crippen LogP contribution in [0.2, 0.25) is 10.0 Å². The largest absolute Gasteiger partial charge is 0.451 e. The van der Waals surface area contributed by atoms with E-state index in [4.69, 9.17) is 34.4 Å². The van der Waals surface area contributed by atoms with Crippen molar-refractivity contribution in [2.45, 2.75) is 6.54 Å². The molecular weight excluding hydrogens is 379 g/mol. The molecule has 0 aliphatic carbocycles. The van der Waals surface area contributed by atoms with E-state index in [1.807, 2.05) is 0 Å². The molecule has 0 bridgehead atoms. The van der Waals surface area contributed by atoms with E-state index in [-0.39, 0.29) is 30.3 Å². The van der Waals surface area contributed by atoms with Crippen LogP contribution in [0.25, 0.3) is 11.2 Å². The van der Waals surface area contributed by atoms with Gasteiger partial charge in [-0.15, -0.1) is 6.42 Å². The molecule has 134 valence electrons. The number of fused-ring (bicyclic) bond motifs is 1. The minimum Gasteiger partial charge on any atom is -0.451 e. The number of terminal acetylenes is 1. The van der Waals surface area contributed by atoms with Crippen LogP contribution in [-0.4, -0.2) is 25.3 Å². The smallest absolute Gasteiger partial charge is 0.332 e. The lowest BCUT2D eigenvalue weighted by molar-refractivity contribution is 0.330. The van der Waals surface area contributed by atoms with Gasteiger partial charge in [-0.2, -0.15) is 4.98 Å². The second kappa shape index (κ2) is 6.90. The number of rotatable bonds is 4. The lowest BCUT2D eigenvalue weighted by Crippen LogP contribution is -2.39. The molecule has 0 saturated heterocycles. The number of hydrogen-bond donors (Lipinski definition) is 0. The van der Waals surface area contributed by atoms with Crippen molar-refractivity contribution in [3.05, 3.63) is 54.6 Å². The molecule has 0 spiro atoms. The molecule has 3 rings (SSSR count). The predicted molar refractivity (Wildman–Crippen MR) is 100 cm³/mol. The summed E-state index contributed by atoms with van der Waals surface area (Å²) in [6.45, 7) is 0.0482. The van der Waals surface area contributed by atoms with E-state index >= 15 is 0 Å². The number of halogens is 2. The third-order valence-electron chi connectivity index (χ3n) is 3.93. The molecule has 2 heterocycles. The van der Waals surface area contributed by atoms with Crippen molar-refractivity contribution < 1.29 is 4.74 Å². The normalized spacial score (nSPS) is 10.9. The minimum absolute atomic E-state index is 0.00255. The quantitative estimate of drug-likeness (QED) is 0.634. The highest BCUT2D eigenvalue weighted by atomic mass is 35.5. The van der Waals surface area contributed by atoms with Crippen LogP contribution in [0.4, 0.5) is 0 Å². The molecule has 1 aromatic carbocycles. The highest BCUT2D eigenvalue weighted by molar-refractivity contribution is 6.42. The average Bonchev–Trinajstić information content (AvgIpc) is 2.95. The van der Waals surface area contributed by atoms with E-state index in [2.05, 4.69) is 10.9 Å². The highest BCUT2D eigenvalue weighted by Crippen LogP contribution is 2.23. The van der Waals surface area contributed by atoms with Gasteiger partial charge in [-0.1, -0.05) is 35.2 Å². The molecule has 3 aromatic rings. The number of aryl methyl sites for hydroxylation is 2. The van der Waals surface area contributed by atoms with Gasteiger partial charge in [-0.25, -0.2) is 4.79 Å². The van der Waals surface area contributed by atoms with Crippen LogP contribution < -0.4 is 16.0 Å². The van der Waals surface area contributed by atoms with Crippen LogP contribution in [0, 0.1) is 12.3 Å². The summed E-state index contributed by atoms with van der Waals surface area (Å²) in [5.74, 6) is 2.33. The monoisotopic (exact) mass is 392 g/mol. The SMILES string of the molecule is C#CCOc1nc2c(c(=O)n(Cc3ccc(Cl)c(Cl)c3)c(=O)n2C)n1C. The summed E-state index contributed by atoms with van der Waals surface area (Å²) in [6.07, 6.45) is 5.18. The van der Waals surface area contributed by atoms with Crippen molar-refractivity contribution in [2.24, 2.45) is 14.1 Å². The van der Waals surface area contributed by atoms with Gasteiger partial charge in [-0.05, 0) is 17.7 Å². The molecule has 0 atom stereocenters. The van der Waals surface area contributed by atoms with Gasteiger partial charge >= 0.3 is 5.69 Å². The molecule has 26 heavy (non-hydrogen) atoms. The summed E-state index contributed by atoms with van der Waals surface area (Å²) in [7, 11) is 3.16. The molecule has 0 aliphatic rings. The number of aromatic nitrogens is 4. The first-order chi connectivity index (χ1) is 12.3. The molecule has 7 nitrogen and oxygen atoms in total. The average molecular weight is 393 g/mol. The van der Waals surface area contributed by atoms with Gasteiger partial charge in [-0.3, -0.25) is 18.5 Å². The number of imidazole rings is 1. The van der Waals surface area contributed by atoms with Gasteiger partial charge in [0.15, 0.2) is 17.8 Å².